The van der Waals surface area contributed by atoms with Crippen LogP contribution in [0.25, 0.3) is 0 Å². The fourth-order valence-electron chi connectivity index (χ4n) is 2.40. The van der Waals surface area contributed by atoms with Crippen LogP contribution in [0.5, 0.6) is 0 Å². The third-order valence-electron chi connectivity index (χ3n) is 4.25. The van der Waals surface area contributed by atoms with E-state index in [-0.39, 0.29) is 32.4 Å². The Morgan fingerprint density at radius 1 is 0.939 bits per heavy atom. The number of nitrogens with one attached hydrogen (secondary N) is 1. The predicted molar refractivity (Wildman–Crippen MR) is 132 cm³/mol. The highest BCUT2D eigenvalue weighted by Gasteiger charge is 2.14. The van der Waals surface area contributed by atoms with Crippen LogP contribution in [0.4, 0.5) is 0 Å². The van der Waals surface area contributed by atoms with Crippen molar-refractivity contribution in [3.8, 4) is 0 Å². The number of pyridine rings is 2. The molecule has 2 heterocycles. The van der Waals surface area contributed by atoms with Gasteiger partial charge in [0, 0.05) is 31.3 Å². The van der Waals surface area contributed by atoms with Gasteiger partial charge in [-0.2, -0.15) is 0 Å². The van der Waals surface area contributed by atoms with Gasteiger partial charge in [-0.05, 0) is 23.3 Å². The van der Waals surface area contributed by atoms with Crippen molar-refractivity contribution in [1.29, 1.82) is 0 Å². The van der Waals surface area contributed by atoms with Gasteiger partial charge in [0.05, 0.1) is 21.2 Å². The smallest absolute Gasteiger partial charge is 0.253 e. The molecular formula is C21H30Cl2N6O4. The molecule has 10 nitrogen and oxygen atoms in total. The van der Waals surface area contributed by atoms with Crippen LogP contribution >= 0.6 is 23.2 Å². The Bertz CT molecular complexity index is 950. The van der Waals surface area contributed by atoms with Gasteiger partial charge >= 0.3 is 0 Å². The summed E-state index contributed by atoms with van der Waals surface area (Å²) in [6.07, 6.45) is 4.91. The third kappa shape index (κ3) is 11.3. The number of likely N-dealkylation sites (N-methyl/N-ethyl adjacent to an activating group) is 1. The number of hydrogen-bond acceptors (Lipinski definition) is 8. The van der Waals surface area contributed by atoms with E-state index < -0.39 is 9.85 Å². The van der Waals surface area contributed by atoms with Crippen LogP contribution in [-0.2, 0) is 0 Å². The summed E-state index contributed by atoms with van der Waals surface area (Å²) in [5, 5.41) is 24.2. The first kappa shape index (κ1) is 31.9. The second-order valence-corrected chi connectivity index (χ2v) is 7.08. The van der Waals surface area contributed by atoms with E-state index in [1.54, 1.807) is 50.6 Å². The fraction of sp³-hybridized carbons (Fsp3) is 0.333. The number of hydrogen-bond donors (Lipinski definition) is 2. The molecule has 0 bridgehead atoms. The van der Waals surface area contributed by atoms with E-state index >= 15 is 0 Å². The van der Waals surface area contributed by atoms with Gasteiger partial charge in [0.2, 0.25) is 0 Å². The fourth-order valence-corrected chi connectivity index (χ4v) is 2.62. The van der Waals surface area contributed by atoms with E-state index in [1.165, 1.54) is 0 Å². The number of aromatic nitrogens is 2. The zero-order valence-electron chi connectivity index (χ0n) is 17.0. The quantitative estimate of drug-likeness (QED) is 0.292. The van der Waals surface area contributed by atoms with Crippen molar-refractivity contribution in [1.82, 2.24) is 15.3 Å². The molecule has 0 saturated heterocycles. The molecule has 3 N–H and O–H groups in total. The maximum absolute atomic E-state index is 10.4. The van der Waals surface area contributed by atoms with Gasteiger partial charge in [0.25, 0.3) is 12.4 Å². The summed E-state index contributed by atoms with van der Waals surface area (Å²) in [5.41, 5.74) is 7.91. The summed E-state index contributed by atoms with van der Waals surface area (Å²) in [6, 6.07) is 6.81. The molecule has 2 atom stereocenters. The van der Waals surface area contributed by atoms with Crippen LogP contribution in [0.15, 0.2) is 60.5 Å². The van der Waals surface area contributed by atoms with Gasteiger partial charge in [0.1, 0.15) is 10.3 Å². The third-order valence-corrected chi connectivity index (χ3v) is 4.70. The van der Waals surface area contributed by atoms with Crippen molar-refractivity contribution in [3.05, 3.63) is 102 Å². The SMILES string of the molecule is C.C.CC(/C(N)=C/[N+](=O)[O-])c1ccc(Cl)nc1.CN/C(=C\[N+](=O)[O-])C(C)c1ccc(Cl)nc1. The molecule has 2 rings (SSSR count). The van der Waals surface area contributed by atoms with Gasteiger partial charge in [-0.25, -0.2) is 9.97 Å². The molecule has 12 heteroatoms. The molecular weight excluding hydrogens is 471 g/mol. The Labute approximate surface area is 203 Å². The minimum atomic E-state index is -0.574. The molecule has 2 unspecified atom stereocenters. The Hall–Kier alpha value is -3.24. The average Bonchev–Trinajstić information content (AvgIpc) is 2.72. The highest BCUT2D eigenvalue weighted by atomic mass is 35.5. The minimum Gasteiger partial charge on any atom is -0.397 e. The first-order valence-corrected chi connectivity index (χ1v) is 9.67. The van der Waals surface area contributed by atoms with E-state index in [0.717, 1.165) is 23.5 Å². The summed E-state index contributed by atoms with van der Waals surface area (Å²) >= 11 is 11.3. The van der Waals surface area contributed by atoms with Crippen molar-refractivity contribution in [2.24, 2.45) is 5.73 Å². The molecule has 0 spiro atoms. The van der Waals surface area contributed by atoms with Crippen LogP contribution in [-0.4, -0.2) is 26.9 Å². The lowest BCUT2D eigenvalue weighted by atomic mass is 10.00. The summed E-state index contributed by atoms with van der Waals surface area (Å²) in [4.78, 5) is 27.4. The summed E-state index contributed by atoms with van der Waals surface area (Å²) in [6.45, 7) is 3.62. The maximum atomic E-state index is 10.4. The van der Waals surface area contributed by atoms with Crippen molar-refractivity contribution >= 4 is 23.2 Å². The van der Waals surface area contributed by atoms with Crippen molar-refractivity contribution in [2.45, 2.75) is 40.5 Å². The van der Waals surface area contributed by atoms with Gasteiger partial charge in [0.15, 0.2) is 0 Å². The zero-order chi connectivity index (χ0) is 23.6. The van der Waals surface area contributed by atoms with E-state index in [0.29, 0.717) is 16.0 Å². The van der Waals surface area contributed by atoms with Crippen LogP contribution in [0.2, 0.25) is 10.3 Å². The van der Waals surface area contributed by atoms with E-state index in [1.807, 2.05) is 6.92 Å². The highest BCUT2D eigenvalue weighted by Crippen LogP contribution is 2.22. The predicted octanol–water partition coefficient (Wildman–Crippen LogP) is 5.36. The lowest BCUT2D eigenvalue weighted by Crippen LogP contribution is -2.14. The summed E-state index contributed by atoms with van der Waals surface area (Å²) in [5.74, 6) is -0.375. The van der Waals surface area contributed by atoms with Gasteiger partial charge < -0.3 is 11.1 Å². The summed E-state index contributed by atoms with van der Waals surface area (Å²) in [7, 11) is 1.65. The van der Waals surface area contributed by atoms with Crippen LogP contribution in [0.3, 0.4) is 0 Å². The van der Waals surface area contributed by atoms with Gasteiger partial charge in [-0.15, -0.1) is 0 Å². The van der Waals surface area contributed by atoms with Crippen LogP contribution < -0.4 is 11.1 Å². The molecule has 2 aromatic heterocycles. The first-order valence-electron chi connectivity index (χ1n) is 8.91. The number of allylic oxidation sites excluding steroid dienone is 2. The normalized spacial score (nSPS) is 12.6. The molecule has 0 aliphatic heterocycles. The number of nitro groups is 2. The molecule has 0 saturated carbocycles. The molecule has 0 fully saturated rings. The monoisotopic (exact) mass is 500 g/mol. The van der Waals surface area contributed by atoms with Crippen LogP contribution in [0.1, 0.15) is 51.7 Å². The number of nitrogens with two attached hydrogens (primary N) is 1. The summed E-state index contributed by atoms with van der Waals surface area (Å²) < 4.78 is 0. The molecule has 2 aromatic rings. The Balaban J connectivity index is 0. The van der Waals surface area contributed by atoms with Crippen molar-refractivity contribution in [3.63, 3.8) is 0 Å². The number of nitrogens with zero attached hydrogens (tertiary/aromatic N) is 4. The number of rotatable bonds is 7. The van der Waals surface area contributed by atoms with E-state index in [2.05, 4.69) is 15.3 Å². The first-order chi connectivity index (χ1) is 14.5. The molecule has 182 valence electrons. The molecule has 0 aliphatic rings. The molecule has 0 aliphatic carbocycles. The number of halogens is 2. The molecule has 0 amide bonds. The lowest BCUT2D eigenvalue weighted by molar-refractivity contribution is -0.404. The standard InChI is InChI=1S/C10H12ClN3O2.C9H10ClN3O2.2CH4/c1-7(9(12-2)6-14(15)16)8-3-4-10(11)13-5-8;1-6(8(11)5-13(14)15)7-2-3-9(10)12-4-7;;/h3-7,12H,1-2H3;2-6H,11H2,1H3;2*1H4/b9-6-;8-5-;;. The molecule has 33 heavy (non-hydrogen) atoms. The zero-order valence-corrected chi connectivity index (χ0v) is 18.5. The second kappa shape index (κ2) is 15.5. The van der Waals surface area contributed by atoms with Gasteiger partial charge in [-0.1, -0.05) is 64.0 Å². The Kier molecular flexibility index (Phi) is 15.0. The highest BCUT2D eigenvalue weighted by molar-refractivity contribution is 6.29. The average molecular weight is 501 g/mol. The van der Waals surface area contributed by atoms with Gasteiger partial charge in [-0.3, -0.25) is 20.2 Å². The van der Waals surface area contributed by atoms with E-state index in [4.69, 9.17) is 28.9 Å². The molecule has 0 aromatic carbocycles. The maximum Gasteiger partial charge on any atom is 0.253 e. The Morgan fingerprint density at radius 3 is 1.70 bits per heavy atom. The van der Waals surface area contributed by atoms with Crippen molar-refractivity contribution in [2.75, 3.05) is 7.05 Å². The second-order valence-electron chi connectivity index (χ2n) is 6.31. The lowest BCUT2D eigenvalue weighted by Gasteiger charge is -2.13. The topological polar surface area (TPSA) is 150 Å². The Morgan fingerprint density at radius 2 is 1.36 bits per heavy atom. The van der Waals surface area contributed by atoms with Crippen molar-refractivity contribution < 1.29 is 9.85 Å². The van der Waals surface area contributed by atoms with E-state index in [9.17, 15) is 20.2 Å². The minimum absolute atomic E-state index is 0. The van der Waals surface area contributed by atoms with Crippen LogP contribution in [0, 0.1) is 20.2 Å². The largest absolute Gasteiger partial charge is 0.397 e. The molecule has 0 radical (unpaired) electrons.